The molecule has 4 aromatic rings. The summed E-state index contributed by atoms with van der Waals surface area (Å²) in [7, 11) is 0. The number of aromatic amines is 1. The van der Waals surface area contributed by atoms with Gasteiger partial charge in [-0.05, 0) is 48.9 Å². The van der Waals surface area contributed by atoms with Crippen LogP contribution in [0.25, 0.3) is 11.0 Å². The molecule has 1 atom stereocenters. The molecule has 13 heteroatoms. The van der Waals surface area contributed by atoms with Gasteiger partial charge >= 0.3 is 0 Å². The molecule has 3 aromatic heterocycles. The molecule has 0 unspecified atom stereocenters. The van der Waals surface area contributed by atoms with Gasteiger partial charge in [-0.3, -0.25) is 14.2 Å². The minimum atomic E-state index is -0.799. The van der Waals surface area contributed by atoms with Crippen molar-refractivity contribution in [1.29, 1.82) is 0 Å². The van der Waals surface area contributed by atoms with Crippen LogP contribution in [0.15, 0.2) is 53.7 Å². The maximum atomic E-state index is 13.7. The van der Waals surface area contributed by atoms with Crippen molar-refractivity contribution < 1.29 is 18.0 Å². The predicted octanol–water partition coefficient (Wildman–Crippen LogP) is 4.09. The molecular formula is C28H29ClF3N7O2. The summed E-state index contributed by atoms with van der Waals surface area (Å²) in [5, 5.41) is 6.39. The zero-order chi connectivity index (χ0) is 28.9. The normalized spacial score (nSPS) is 16.8. The first kappa shape index (κ1) is 28.6. The summed E-state index contributed by atoms with van der Waals surface area (Å²) in [5.41, 5.74) is 0.647. The molecule has 0 radical (unpaired) electrons. The van der Waals surface area contributed by atoms with E-state index in [9.17, 15) is 22.8 Å². The molecule has 2 aliphatic rings. The summed E-state index contributed by atoms with van der Waals surface area (Å²) < 4.78 is 38.8. The van der Waals surface area contributed by atoms with Gasteiger partial charge in [0.2, 0.25) is 5.91 Å². The Morgan fingerprint density at radius 1 is 1.07 bits per heavy atom. The molecule has 6 rings (SSSR count). The van der Waals surface area contributed by atoms with Crippen molar-refractivity contribution >= 4 is 34.4 Å². The molecule has 3 N–H and O–H groups in total. The third-order valence-electron chi connectivity index (χ3n) is 6.99. The van der Waals surface area contributed by atoms with Crippen molar-refractivity contribution in [2.75, 3.05) is 25.0 Å². The number of anilines is 1. The number of fused-ring (bicyclic) bond motifs is 1. The molecule has 9 nitrogen and oxygen atoms in total. The number of carbonyl (C=O) groups excluding carboxylic acids is 1. The smallest absolute Gasteiger partial charge is 0.294 e. The van der Waals surface area contributed by atoms with Crippen LogP contribution in [0.1, 0.15) is 24.8 Å². The summed E-state index contributed by atoms with van der Waals surface area (Å²) in [6.07, 6.45) is 7.74. The first-order chi connectivity index (χ1) is 19.8. The maximum absolute atomic E-state index is 13.7. The summed E-state index contributed by atoms with van der Waals surface area (Å²) >= 11 is 6.17. The van der Waals surface area contributed by atoms with Crippen molar-refractivity contribution in [2.24, 2.45) is 5.92 Å². The Bertz CT molecular complexity index is 1570. The molecule has 1 aliphatic heterocycles. The standard InChI is InChI=1S/C22H25ClFN7O2.C6H4F2/c23-18-9-28-21(29-15-3-4-30(11-15)10-13-1-2-13)22(33)31(18)12-19(32)25-6-14-5-16-17(24)8-27-20(16)26-7-14;7-5-3-1-2-4-6(5)8/h5,7-9,13,15H,1-4,6,10-12H2,(H,25,32)(H,26,27)(H,28,29);1-4H/t15-;/m0./s1. The van der Waals surface area contributed by atoms with E-state index in [1.165, 1.54) is 41.9 Å². The number of halogens is 4. The number of nitrogens with one attached hydrogen (secondary N) is 3. The van der Waals surface area contributed by atoms with Crippen molar-refractivity contribution in [3.05, 3.63) is 87.4 Å². The largest absolute Gasteiger partial charge is 0.361 e. The quantitative estimate of drug-likeness (QED) is 0.287. The lowest BCUT2D eigenvalue weighted by molar-refractivity contribution is -0.121. The number of benzene rings is 1. The van der Waals surface area contributed by atoms with E-state index < -0.39 is 28.9 Å². The molecule has 0 bridgehead atoms. The summed E-state index contributed by atoms with van der Waals surface area (Å²) in [4.78, 5) is 38.9. The second kappa shape index (κ2) is 12.7. The highest BCUT2D eigenvalue weighted by molar-refractivity contribution is 6.29. The van der Waals surface area contributed by atoms with Gasteiger partial charge in [0.25, 0.3) is 5.56 Å². The Morgan fingerprint density at radius 3 is 2.54 bits per heavy atom. The monoisotopic (exact) mass is 587 g/mol. The topological polar surface area (TPSA) is 108 Å². The Kier molecular flexibility index (Phi) is 8.89. The highest BCUT2D eigenvalue weighted by Crippen LogP contribution is 2.31. The zero-order valence-corrected chi connectivity index (χ0v) is 22.8. The molecule has 0 spiro atoms. The van der Waals surface area contributed by atoms with Crippen LogP contribution in [0.3, 0.4) is 0 Å². The number of carbonyl (C=O) groups is 1. The van der Waals surface area contributed by atoms with Crippen molar-refractivity contribution in [3.8, 4) is 0 Å². The van der Waals surface area contributed by atoms with E-state index in [0.29, 0.717) is 16.6 Å². The molecule has 1 aliphatic carbocycles. The number of likely N-dealkylation sites (tertiary alicyclic amines) is 1. The van der Waals surface area contributed by atoms with E-state index in [-0.39, 0.29) is 30.1 Å². The third-order valence-corrected chi connectivity index (χ3v) is 7.29. The number of rotatable bonds is 8. The first-order valence-corrected chi connectivity index (χ1v) is 13.7. The van der Waals surface area contributed by atoms with E-state index in [2.05, 4.69) is 30.5 Å². The maximum Gasteiger partial charge on any atom is 0.294 e. The number of hydrogen-bond acceptors (Lipinski definition) is 6. The van der Waals surface area contributed by atoms with Crippen molar-refractivity contribution in [1.82, 2.24) is 29.7 Å². The summed E-state index contributed by atoms with van der Waals surface area (Å²) in [6, 6.07) is 6.81. The van der Waals surface area contributed by atoms with Crippen LogP contribution in [0.2, 0.25) is 5.15 Å². The van der Waals surface area contributed by atoms with Crippen LogP contribution in [0.4, 0.5) is 19.0 Å². The zero-order valence-electron chi connectivity index (χ0n) is 22.0. The predicted molar refractivity (Wildman–Crippen MR) is 149 cm³/mol. The third kappa shape index (κ3) is 7.44. The van der Waals surface area contributed by atoms with Gasteiger partial charge < -0.3 is 20.5 Å². The van der Waals surface area contributed by atoms with Gasteiger partial charge in [0.15, 0.2) is 17.5 Å². The highest BCUT2D eigenvalue weighted by Gasteiger charge is 2.29. The van der Waals surface area contributed by atoms with E-state index >= 15 is 0 Å². The summed E-state index contributed by atoms with van der Waals surface area (Å²) in [6.45, 7) is 2.90. The molecule has 2 fully saturated rings. The molecule has 1 aromatic carbocycles. The SMILES string of the molecule is Fc1ccccc1F.O=C(Cn1c(Cl)cnc(N[C@H]2CCN(CC3CC3)C2)c1=O)NCc1cnc2[nH]cc(F)c2c1. The molecule has 4 heterocycles. The number of H-pyrrole nitrogens is 1. The minimum absolute atomic E-state index is 0.0833. The average Bonchev–Trinajstić information content (AvgIpc) is 3.55. The molecule has 1 saturated carbocycles. The highest BCUT2D eigenvalue weighted by atomic mass is 35.5. The van der Waals surface area contributed by atoms with Gasteiger partial charge in [0.05, 0.1) is 11.6 Å². The molecule has 216 valence electrons. The fourth-order valence-electron chi connectivity index (χ4n) is 4.64. The second-order valence-electron chi connectivity index (χ2n) is 10.2. The van der Waals surface area contributed by atoms with Crippen LogP contribution < -0.4 is 16.2 Å². The van der Waals surface area contributed by atoms with E-state index in [4.69, 9.17) is 11.6 Å². The lowest BCUT2D eigenvalue weighted by atomic mass is 10.2. The number of nitrogens with zero attached hydrogens (tertiary/aromatic N) is 4. The fraction of sp³-hybridized carbons (Fsp3) is 0.357. The molecule has 41 heavy (non-hydrogen) atoms. The molecule has 1 saturated heterocycles. The van der Waals surface area contributed by atoms with Gasteiger partial charge in [-0.15, -0.1) is 0 Å². The van der Waals surface area contributed by atoms with Gasteiger partial charge in [0.1, 0.15) is 23.2 Å². The number of aromatic nitrogens is 4. The average molecular weight is 588 g/mol. The second-order valence-corrected chi connectivity index (χ2v) is 10.6. The summed E-state index contributed by atoms with van der Waals surface area (Å²) in [5.74, 6) is -1.38. The van der Waals surface area contributed by atoms with Crippen LogP contribution in [-0.4, -0.2) is 56.0 Å². The van der Waals surface area contributed by atoms with Crippen LogP contribution in [0.5, 0.6) is 0 Å². The van der Waals surface area contributed by atoms with Gasteiger partial charge in [-0.2, -0.15) is 0 Å². The number of pyridine rings is 1. The Labute approximate surface area is 238 Å². The lowest BCUT2D eigenvalue weighted by Gasteiger charge is -2.17. The van der Waals surface area contributed by atoms with E-state index in [0.717, 1.165) is 44.1 Å². The van der Waals surface area contributed by atoms with Crippen LogP contribution in [-0.2, 0) is 17.9 Å². The van der Waals surface area contributed by atoms with Gasteiger partial charge in [-0.25, -0.2) is 23.1 Å². The van der Waals surface area contributed by atoms with Gasteiger partial charge in [0, 0.05) is 44.6 Å². The Balaban J connectivity index is 0.000000365. The van der Waals surface area contributed by atoms with Crippen LogP contribution >= 0.6 is 11.6 Å². The minimum Gasteiger partial charge on any atom is -0.361 e. The lowest BCUT2D eigenvalue weighted by Crippen LogP contribution is -2.35. The number of amides is 1. The fourth-order valence-corrected chi connectivity index (χ4v) is 4.83. The van der Waals surface area contributed by atoms with E-state index in [1.54, 1.807) is 12.3 Å². The molecular weight excluding hydrogens is 559 g/mol. The van der Waals surface area contributed by atoms with E-state index in [1.807, 2.05) is 0 Å². The Hall–Kier alpha value is -3.90. The number of hydrogen-bond donors (Lipinski definition) is 3. The Morgan fingerprint density at radius 2 is 1.83 bits per heavy atom. The van der Waals surface area contributed by atoms with Crippen LogP contribution in [0, 0.1) is 23.4 Å². The molecule has 1 amide bonds. The van der Waals surface area contributed by atoms with Gasteiger partial charge in [-0.1, -0.05) is 23.7 Å². The first-order valence-electron chi connectivity index (χ1n) is 13.3. The van der Waals surface area contributed by atoms with Crippen molar-refractivity contribution in [2.45, 2.75) is 38.4 Å². The van der Waals surface area contributed by atoms with Crippen molar-refractivity contribution in [3.63, 3.8) is 0 Å².